The van der Waals surface area contributed by atoms with Gasteiger partial charge in [-0.3, -0.25) is 5.43 Å². The van der Waals surface area contributed by atoms with Gasteiger partial charge in [-0.15, -0.1) is 0 Å². The molecule has 0 spiro atoms. The fraction of sp³-hybridized carbons (Fsp3) is 0. The second kappa shape index (κ2) is 6.90. The van der Waals surface area contributed by atoms with Crippen molar-refractivity contribution in [3.05, 3.63) is 61.9 Å². The Labute approximate surface area is 141 Å². The van der Waals surface area contributed by atoms with Crippen molar-refractivity contribution >= 4 is 46.7 Å². The molecule has 0 unspecified atom stereocenters. The minimum Gasteiger partial charge on any atom is -0.275 e. The van der Waals surface area contributed by atoms with Crippen LogP contribution in [-0.2, 0) is 0 Å². The zero-order valence-electron chi connectivity index (χ0n) is 10.7. The van der Waals surface area contributed by atoms with Crippen LogP contribution in [0.2, 0.25) is 15.1 Å². The van der Waals surface area contributed by atoms with Crippen LogP contribution in [0.25, 0.3) is 0 Å². The molecule has 2 aromatic carbocycles. The first kappa shape index (κ1) is 17.8. The molecule has 23 heavy (non-hydrogen) atoms. The third kappa shape index (κ3) is 3.52. The number of hydrazone groups is 1. The van der Waals surface area contributed by atoms with Crippen LogP contribution in [0.1, 0.15) is 5.56 Å². The fourth-order valence-corrected chi connectivity index (χ4v) is 2.45. The molecule has 0 amide bonds. The minimum absolute atomic E-state index is 0.0389. The molecular formula is C13H4Cl3F5N2. The molecule has 0 heterocycles. The van der Waals surface area contributed by atoms with Crippen molar-refractivity contribution in [2.24, 2.45) is 5.10 Å². The summed E-state index contributed by atoms with van der Waals surface area (Å²) in [7, 11) is 0. The molecule has 0 atom stereocenters. The SMILES string of the molecule is Fc1c(F)c(F)c(/C=N\Nc2c(Cl)cc(Cl)cc2Cl)c(F)c1F. The van der Waals surface area contributed by atoms with Gasteiger partial charge in [-0.05, 0) is 12.1 Å². The average Bonchev–Trinajstić information content (AvgIpc) is 2.48. The van der Waals surface area contributed by atoms with Crippen LogP contribution >= 0.6 is 34.8 Å². The van der Waals surface area contributed by atoms with Crippen LogP contribution in [0.4, 0.5) is 27.6 Å². The summed E-state index contributed by atoms with van der Waals surface area (Å²) in [6.07, 6.45) is 0.414. The molecule has 10 heteroatoms. The molecule has 0 aliphatic rings. The largest absolute Gasteiger partial charge is 0.275 e. The summed E-state index contributed by atoms with van der Waals surface area (Å²) in [6.45, 7) is 0. The van der Waals surface area contributed by atoms with Gasteiger partial charge in [0.15, 0.2) is 23.3 Å². The van der Waals surface area contributed by atoms with Gasteiger partial charge in [-0.1, -0.05) is 34.8 Å². The second-order valence-electron chi connectivity index (χ2n) is 4.10. The van der Waals surface area contributed by atoms with Crippen LogP contribution in [-0.4, -0.2) is 6.21 Å². The first-order valence-corrected chi connectivity index (χ1v) is 6.82. The van der Waals surface area contributed by atoms with Crippen molar-refractivity contribution in [3.8, 4) is 0 Å². The Morgan fingerprint density at radius 3 is 1.70 bits per heavy atom. The summed E-state index contributed by atoms with van der Waals surface area (Å²) in [5.74, 6) is -10.4. The lowest BCUT2D eigenvalue weighted by Crippen LogP contribution is -2.07. The van der Waals surface area contributed by atoms with Crippen molar-refractivity contribution in [1.82, 2.24) is 0 Å². The van der Waals surface area contributed by atoms with Crippen LogP contribution in [0, 0.1) is 29.1 Å². The van der Waals surface area contributed by atoms with Gasteiger partial charge in [-0.2, -0.15) is 5.10 Å². The summed E-state index contributed by atoms with van der Waals surface area (Å²) in [5.41, 5.74) is 1.07. The monoisotopic (exact) mass is 388 g/mol. The Balaban J connectivity index is 2.36. The number of nitrogens with one attached hydrogen (secondary N) is 1. The molecule has 2 nitrogen and oxygen atoms in total. The van der Waals surface area contributed by atoms with Gasteiger partial charge in [0.05, 0.1) is 27.5 Å². The fourth-order valence-electron chi connectivity index (χ4n) is 1.55. The Hall–Kier alpha value is -1.57. The Morgan fingerprint density at radius 1 is 0.783 bits per heavy atom. The molecule has 2 aromatic rings. The van der Waals surface area contributed by atoms with Gasteiger partial charge < -0.3 is 0 Å². The first-order chi connectivity index (χ1) is 10.7. The highest BCUT2D eigenvalue weighted by molar-refractivity contribution is 6.41. The van der Waals surface area contributed by atoms with Gasteiger partial charge in [0.1, 0.15) is 0 Å². The first-order valence-electron chi connectivity index (χ1n) is 5.69. The van der Waals surface area contributed by atoms with E-state index in [0.29, 0.717) is 6.21 Å². The molecule has 0 aliphatic carbocycles. The van der Waals surface area contributed by atoms with Crippen molar-refractivity contribution in [3.63, 3.8) is 0 Å². The standard InChI is InChI=1S/C13H4Cl3F5N2/c14-4-1-6(15)13(7(16)2-4)23-22-3-5-8(17)10(19)12(21)11(20)9(5)18/h1-3,23H/b22-3-. The van der Waals surface area contributed by atoms with Crippen molar-refractivity contribution in [2.75, 3.05) is 5.43 Å². The number of benzene rings is 2. The Bertz CT molecular complexity index is 759. The molecule has 1 N–H and O–H groups in total. The Morgan fingerprint density at radius 2 is 1.22 bits per heavy atom. The van der Waals surface area contributed by atoms with Gasteiger partial charge in [-0.25, -0.2) is 22.0 Å². The van der Waals surface area contributed by atoms with E-state index in [9.17, 15) is 22.0 Å². The van der Waals surface area contributed by atoms with Crippen LogP contribution in [0.5, 0.6) is 0 Å². The number of hydrogen-bond donors (Lipinski definition) is 1. The lowest BCUT2D eigenvalue weighted by Gasteiger charge is -2.07. The molecule has 2 rings (SSSR count). The minimum atomic E-state index is -2.26. The molecular weight excluding hydrogens is 386 g/mol. The summed E-state index contributed by atoms with van der Waals surface area (Å²) in [4.78, 5) is 0. The van der Waals surface area contributed by atoms with E-state index in [4.69, 9.17) is 34.8 Å². The van der Waals surface area contributed by atoms with E-state index in [1.54, 1.807) is 0 Å². The molecule has 0 fully saturated rings. The highest BCUT2D eigenvalue weighted by Crippen LogP contribution is 2.33. The predicted octanol–water partition coefficient (Wildman–Crippen LogP) is 5.79. The van der Waals surface area contributed by atoms with Gasteiger partial charge >= 0.3 is 0 Å². The summed E-state index contributed by atoms with van der Waals surface area (Å²) in [6, 6.07) is 2.62. The van der Waals surface area contributed by atoms with Gasteiger partial charge in [0.2, 0.25) is 5.82 Å². The molecule has 122 valence electrons. The quantitative estimate of drug-likeness (QED) is 0.232. The van der Waals surface area contributed by atoms with Crippen molar-refractivity contribution in [1.29, 1.82) is 0 Å². The van der Waals surface area contributed by atoms with Crippen LogP contribution in [0.15, 0.2) is 17.2 Å². The zero-order chi connectivity index (χ0) is 17.3. The maximum atomic E-state index is 13.4. The number of halogens is 8. The van der Waals surface area contributed by atoms with E-state index < -0.39 is 34.6 Å². The number of hydrogen-bond acceptors (Lipinski definition) is 2. The molecule has 0 saturated carbocycles. The zero-order valence-corrected chi connectivity index (χ0v) is 13.0. The summed E-state index contributed by atoms with van der Waals surface area (Å²) < 4.78 is 65.8. The van der Waals surface area contributed by atoms with E-state index in [1.807, 2.05) is 0 Å². The number of anilines is 1. The highest BCUT2D eigenvalue weighted by atomic mass is 35.5. The normalized spacial score (nSPS) is 11.3. The Kier molecular flexibility index (Phi) is 5.33. The van der Waals surface area contributed by atoms with E-state index in [-0.39, 0.29) is 20.8 Å². The van der Waals surface area contributed by atoms with Gasteiger partial charge in [0, 0.05) is 5.02 Å². The topological polar surface area (TPSA) is 24.4 Å². The molecule has 0 aliphatic heterocycles. The summed E-state index contributed by atoms with van der Waals surface area (Å²) in [5, 5.41) is 3.68. The maximum Gasteiger partial charge on any atom is 0.200 e. The molecule has 0 aromatic heterocycles. The maximum absolute atomic E-state index is 13.4. The van der Waals surface area contributed by atoms with Crippen LogP contribution < -0.4 is 5.43 Å². The molecule has 0 radical (unpaired) electrons. The van der Waals surface area contributed by atoms with Crippen LogP contribution in [0.3, 0.4) is 0 Å². The van der Waals surface area contributed by atoms with E-state index >= 15 is 0 Å². The predicted molar refractivity (Wildman–Crippen MR) is 78.9 cm³/mol. The second-order valence-corrected chi connectivity index (χ2v) is 5.35. The average molecular weight is 390 g/mol. The lowest BCUT2D eigenvalue weighted by atomic mass is 10.2. The smallest absolute Gasteiger partial charge is 0.200 e. The third-order valence-electron chi connectivity index (χ3n) is 2.62. The lowest BCUT2D eigenvalue weighted by molar-refractivity contribution is 0.377. The van der Waals surface area contributed by atoms with E-state index in [1.165, 1.54) is 12.1 Å². The summed E-state index contributed by atoms with van der Waals surface area (Å²) >= 11 is 17.3. The van der Waals surface area contributed by atoms with E-state index in [0.717, 1.165) is 0 Å². The third-order valence-corrected chi connectivity index (χ3v) is 3.44. The van der Waals surface area contributed by atoms with Crippen molar-refractivity contribution in [2.45, 2.75) is 0 Å². The molecule has 0 saturated heterocycles. The number of nitrogens with zero attached hydrogens (tertiary/aromatic N) is 1. The van der Waals surface area contributed by atoms with Gasteiger partial charge in [0.25, 0.3) is 0 Å². The highest BCUT2D eigenvalue weighted by Gasteiger charge is 2.24. The number of rotatable bonds is 3. The molecule has 0 bridgehead atoms. The van der Waals surface area contributed by atoms with E-state index in [2.05, 4.69) is 10.5 Å². The van der Waals surface area contributed by atoms with Crippen molar-refractivity contribution < 1.29 is 22.0 Å².